The Morgan fingerprint density at radius 2 is 1.53 bits per heavy atom. The Kier molecular flexibility index (Phi) is 6.43. The van der Waals surface area contributed by atoms with Crippen molar-refractivity contribution < 1.29 is 4.74 Å². The van der Waals surface area contributed by atoms with Gasteiger partial charge in [-0.1, -0.05) is 38.7 Å². The van der Waals surface area contributed by atoms with E-state index in [4.69, 9.17) is 4.74 Å². The molecule has 0 saturated heterocycles. The van der Waals surface area contributed by atoms with E-state index in [0.29, 0.717) is 0 Å². The zero-order chi connectivity index (χ0) is 13.5. The molecule has 2 aliphatic carbocycles. The van der Waals surface area contributed by atoms with Crippen LogP contribution in [-0.4, -0.2) is 13.2 Å². The van der Waals surface area contributed by atoms with Gasteiger partial charge in [0.25, 0.3) is 0 Å². The van der Waals surface area contributed by atoms with Gasteiger partial charge in [0, 0.05) is 6.61 Å². The quantitative estimate of drug-likeness (QED) is 0.472. The number of rotatable bonds is 6. The first-order valence-corrected chi connectivity index (χ1v) is 8.48. The third-order valence-corrected chi connectivity index (χ3v) is 5.52. The average Bonchev–Trinajstić information content (AvgIpc) is 2.45. The van der Waals surface area contributed by atoms with Crippen LogP contribution < -0.4 is 0 Å². The highest BCUT2D eigenvalue weighted by Crippen LogP contribution is 2.41. The average molecular weight is 264 g/mol. The van der Waals surface area contributed by atoms with Gasteiger partial charge in [-0.05, 0) is 55.8 Å². The van der Waals surface area contributed by atoms with Gasteiger partial charge in [0.1, 0.15) is 0 Å². The molecule has 2 saturated carbocycles. The topological polar surface area (TPSA) is 9.23 Å². The zero-order valence-corrected chi connectivity index (χ0v) is 12.8. The van der Waals surface area contributed by atoms with E-state index in [1.807, 2.05) is 6.08 Å². The van der Waals surface area contributed by atoms with Crippen molar-refractivity contribution >= 4 is 0 Å². The lowest BCUT2D eigenvalue weighted by molar-refractivity contribution is 0.112. The molecule has 0 aliphatic heterocycles. The summed E-state index contributed by atoms with van der Waals surface area (Å²) in [5, 5.41) is 0. The molecule has 2 fully saturated rings. The molecule has 0 heterocycles. The summed E-state index contributed by atoms with van der Waals surface area (Å²) in [5.74, 6) is 4.05. The summed E-state index contributed by atoms with van der Waals surface area (Å²) in [6, 6.07) is 0. The van der Waals surface area contributed by atoms with Crippen LogP contribution in [0, 0.1) is 23.7 Å². The molecule has 0 aromatic rings. The van der Waals surface area contributed by atoms with Crippen LogP contribution in [0.5, 0.6) is 0 Å². The van der Waals surface area contributed by atoms with E-state index >= 15 is 0 Å². The highest BCUT2D eigenvalue weighted by atomic mass is 16.5. The summed E-state index contributed by atoms with van der Waals surface area (Å²) in [4.78, 5) is 0. The fraction of sp³-hybridized carbons (Fsp3) is 0.889. The predicted octanol–water partition coefficient (Wildman–Crippen LogP) is 5.21. The largest absolute Gasteiger partial charge is 0.377 e. The molecule has 2 aliphatic rings. The van der Waals surface area contributed by atoms with Gasteiger partial charge in [0.05, 0.1) is 6.61 Å². The molecule has 1 nitrogen and oxygen atoms in total. The van der Waals surface area contributed by atoms with Crippen LogP contribution in [0.25, 0.3) is 0 Å². The molecule has 0 aromatic heterocycles. The van der Waals surface area contributed by atoms with Crippen LogP contribution in [0.2, 0.25) is 0 Å². The van der Waals surface area contributed by atoms with Crippen molar-refractivity contribution in [2.24, 2.45) is 23.7 Å². The molecular weight excluding hydrogens is 232 g/mol. The fourth-order valence-electron chi connectivity index (χ4n) is 4.12. The standard InChI is InChI=1S/C18H32O/c1-3-13-19-14-12-16-6-10-18(11-7-16)17-8-4-15(2)5-9-17/h3,15-18H,1,4-14H2,2H3/t15-,16-,17-,18-. The van der Waals surface area contributed by atoms with E-state index in [9.17, 15) is 0 Å². The van der Waals surface area contributed by atoms with E-state index in [1.54, 1.807) is 0 Å². The smallest absolute Gasteiger partial charge is 0.0644 e. The second-order valence-electron chi connectivity index (χ2n) is 6.95. The Morgan fingerprint density at radius 3 is 2.11 bits per heavy atom. The molecule has 0 radical (unpaired) electrons. The number of hydrogen-bond donors (Lipinski definition) is 0. The highest BCUT2D eigenvalue weighted by molar-refractivity contribution is 4.81. The van der Waals surface area contributed by atoms with Crippen molar-refractivity contribution in [3.8, 4) is 0 Å². The molecule has 1 heteroatoms. The van der Waals surface area contributed by atoms with Crippen molar-refractivity contribution in [3.63, 3.8) is 0 Å². The minimum atomic E-state index is 0.718. The summed E-state index contributed by atoms with van der Waals surface area (Å²) in [7, 11) is 0. The second kappa shape index (κ2) is 8.09. The van der Waals surface area contributed by atoms with Gasteiger partial charge in [-0.25, -0.2) is 0 Å². The molecule has 0 unspecified atom stereocenters. The highest BCUT2D eigenvalue weighted by Gasteiger charge is 2.29. The van der Waals surface area contributed by atoms with Gasteiger partial charge in [-0.3, -0.25) is 0 Å². The summed E-state index contributed by atoms with van der Waals surface area (Å²) < 4.78 is 5.52. The zero-order valence-electron chi connectivity index (χ0n) is 12.8. The van der Waals surface area contributed by atoms with E-state index < -0.39 is 0 Å². The van der Waals surface area contributed by atoms with Crippen LogP contribution in [0.3, 0.4) is 0 Å². The van der Waals surface area contributed by atoms with Gasteiger partial charge >= 0.3 is 0 Å². The van der Waals surface area contributed by atoms with Gasteiger partial charge in [0.2, 0.25) is 0 Å². The molecular formula is C18H32O. The lowest BCUT2D eigenvalue weighted by atomic mass is 9.69. The molecule has 0 atom stereocenters. The van der Waals surface area contributed by atoms with Crippen LogP contribution in [0.15, 0.2) is 12.7 Å². The molecule has 0 bridgehead atoms. The minimum absolute atomic E-state index is 0.718. The van der Waals surface area contributed by atoms with Crippen molar-refractivity contribution in [2.45, 2.75) is 64.7 Å². The predicted molar refractivity (Wildman–Crippen MR) is 82.2 cm³/mol. The first-order valence-electron chi connectivity index (χ1n) is 8.48. The fourth-order valence-corrected chi connectivity index (χ4v) is 4.12. The van der Waals surface area contributed by atoms with E-state index in [0.717, 1.165) is 36.9 Å². The molecule has 0 amide bonds. The maximum atomic E-state index is 5.52. The molecule has 0 aromatic carbocycles. The Bertz CT molecular complexity index is 244. The van der Waals surface area contributed by atoms with Crippen molar-refractivity contribution in [2.75, 3.05) is 13.2 Å². The van der Waals surface area contributed by atoms with Gasteiger partial charge in [-0.2, -0.15) is 0 Å². The van der Waals surface area contributed by atoms with Gasteiger partial charge in [-0.15, -0.1) is 6.58 Å². The first kappa shape index (κ1) is 15.1. The van der Waals surface area contributed by atoms with Crippen LogP contribution in [-0.2, 0) is 4.74 Å². The normalized spacial score (nSPS) is 36.1. The second-order valence-corrected chi connectivity index (χ2v) is 6.95. The van der Waals surface area contributed by atoms with Crippen LogP contribution >= 0.6 is 0 Å². The van der Waals surface area contributed by atoms with Gasteiger partial charge < -0.3 is 4.74 Å². The molecule has 110 valence electrons. The Balaban J connectivity index is 1.61. The molecule has 2 rings (SSSR count). The third-order valence-electron chi connectivity index (χ3n) is 5.52. The lowest BCUT2D eigenvalue weighted by Crippen LogP contribution is -2.25. The number of hydrogen-bond acceptors (Lipinski definition) is 1. The van der Waals surface area contributed by atoms with Gasteiger partial charge in [0.15, 0.2) is 0 Å². The Hall–Kier alpha value is -0.300. The maximum absolute atomic E-state index is 5.52. The summed E-state index contributed by atoms with van der Waals surface area (Å²) >= 11 is 0. The molecule has 19 heavy (non-hydrogen) atoms. The summed E-state index contributed by atoms with van der Waals surface area (Å²) in [6.45, 7) is 7.76. The van der Waals surface area contributed by atoms with E-state index in [1.165, 1.54) is 57.8 Å². The van der Waals surface area contributed by atoms with E-state index in [2.05, 4.69) is 13.5 Å². The van der Waals surface area contributed by atoms with Crippen molar-refractivity contribution in [1.29, 1.82) is 0 Å². The van der Waals surface area contributed by atoms with Crippen LogP contribution in [0.4, 0.5) is 0 Å². The summed E-state index contributed by atoms with van der Waals surface area (Å²) in [6.07, 6.45) is 15.0. The van der Waals surface area contributed by atoms with Crippen molar-refractivity contribution in [1.82, 2.24) is 0 Å². The van der Waals surface area contributed by atoms with Crippen LogP contribution in [0.1, 0.15) is 64.7 Å². The SMILES string of the molecule is C=CCOCC[C@H]1CC[C@H]([C@H]2CC[C@H](C)CC2)CC1. The molecule has 0 N–H and O–H groups in total. The van der Waals surface area contributed by atoms with E-state index in [-0.39, 0.29) is 0 Å². The Morgan fingerprint density at radius 1 is 0.947 bits per heavy atom. The third kappa shape index (κ3) is 4.95. The monoisotopic (exact) mass is 264 g/mol. The minimum Gasteiger partial charge on any atom is -0.377 e. The number of ether oxygens (including phenoxy) is 1. The lowest BCUT2D eigenvalue weighted by Gasteiger charge is -2.37. The first-order chi connectivity index (χ1) is 9.29. The Labute approximate surface area is 119 Å². The maximum Gasteiger partial charge on any atom is 0.0644 e. The summed E-state index contributed by atoms with van der Waals surface area (Å²) in [5.41, 5.74) is 0. The molecule has 0 spiro atoms. The van der Waals surface area contributed by atoms with Crippen molar-refractivity contribution in [3.05, 3.63) is 12.7 Å².